The highest BCUT2D eigenvalue weighted by Crippen LogP contribution is 2.44. The van der Waals surface area contributed by atoms with Gasteiger partial charge in [0.1, 0.15) is 0 Å². The smallest absolute Gasteiger partial charge is 0.395 e. The molecule has 0 amide bonds. The molecular formula is C13H17F3O. The topological polar surface area (TPSA) is 20.2 Å². The second-order valence-corrected chi connectivity index (χ2v) is 4.28. The van der Waals surface area contributed by atoms with Gasteiger partial charge in [-0.25, -0.2) is 0 Å². The van der Waals surface area contributed by atoms with Crippen LogP contribution < -0.4 is 0 Å². The first-order valence-electron chi connectivity index (χ1n) is 5.67. The normalized spacial score (nSPS) is 15.6. The van der Waals surface area contributed by atoms with Crippen LogP contribution in [0, 0.1) is 5.41 Å². The predicted octanol–water partition coefficient (Wildman–Crippen LogP) is 3.57. The van der Waals surface area contributed by atoms with E-state index >= 15 is 0 Å². The van der Waals surface area contributed by atoms with E-state index in [1.165, 1.54) is 6.92 Å². The molecular weight excluding hydrogens is 229 g/mol. The van der Waals surface area contributed by atoms with Crippen molar-refractivity contribution in [2.75, 3.05) is 6.61 Å². The maximum absolute atomic E-state index is 12.9. The SMILES string of the molecule is CCC(CO)(CCc1ccccc1)C(F)(F)F. The number of hydrogen-bond donors (Lipinski definition) is 1. The molecule has 0 aliphatic rings. The van der Waals surface area contributed by atoms with Crippen LogP contribution in [0.2, 0.25) is 0 Å². The fourth-order valence-electron chi connectivity index (χ4n) is 1.83. The lowest BCUT2D eigenvalue weighted by Crippen LogP contribution is -2.41. The Morgan fingerprint density at radius 3 is 2.12 bits per heavy atom. The molecule has 0 fully saturated rings. The molecule has 17 heavy (non-hydrogen) atoms. The number of aliphatic hydroxyl groups is 1. The first kappa shape index (κ1) is 14.0. The Morgan fingerprint density at radius 1 is 1.12 bits per heavy atom. The van der Waals surface area contributed by atoms with E-state index in [9.17, 15) is 13.2 Å². The second kappa shape index (κ2) is 5.54. The maximum atomic E-state index is 12.9. The number of benzene rings is 1. The molecule has 0 saturated heterocycles. The molecule has 0 heterocycles. The average molecular weight is 246 g/mol. The highest BCUT2D eigenvalue weighted by atomic mass is 19.4. The van der Waals surface area contributed by atoms with Gasteiger partial charge in [-0.15, -0.1) is 0 Å². The fourth-order valence-corrected chi connectivity index (χ4v) is 1.83. The number of alkyl halides is 3. The Kier molecular flexibility index (Phi) is 4.57. The molecule has 1 aromatic rings. The molecule has 0 aliphatic heterocycles. The van der Waals surface area contributed by atoms with Crippen LogP contribution in [-0.4, -0.2) is 17.9 Å². The first-order valence-corrected chi connectivity index (χ1v) is 5.67. The van der Waals surface area contributed by atoms with Gasteiger partial charge in [0.15, 0.2) is 0 Å². The van der Waals surface area contributed by atoms with Crippen LogP contribution in [0.4, 0.5) is 13.2 Å². The van der Waals surface area contributed by atoms with Crippen molar-refractivity contribution in [3.05, 3.63) is 35.9 Å². The highest BCUT2D eigenvalue weighted by molar-refractivity contribution is 5.15. The Balaban J connectivity index is 2.75. The zero-order valence-electron chi connectivity index (χ0n) is 9.80. The molecule has 0 aromatic heterocycles. The largest absolute Gasteiger partial charge is 0.396 e. The van der Waals surface area contributed by atoms with Crippen LogP contribution >= 0.6 is 0 Å². The van der Waals surface area contributed by atoms with Crippen LogP contribution in [0.15, 0.2) is 30.3 Å². The molecule has 0 radical (unpaired) electrons. The summed E-state index contributed by atoms with van der Waals surface area (Å²) in [6.45, 7) is 0.620. The molecule has 96 valence electrons. The van der Waals surface area contributed by atoms with Gasteiger partial charge in [0.2, 0.25) is 0 Å². The highest BCUT2D eigenvalue weighted by Gasteiger charge is 2.52. The molecule has 1 aromatic carbocycles. The van der Waals surface area contributed by atoms with Gasteiger partial charge in [-0.2, -0.15) is 13.2 Å². The minimum absolute atomic E-state index is 0.0759. The summed E-state index contributed by atoms with van der Waals surface area (Å²) in [7, 11) is 0. The number of aryl methyl sites for hydroxylation is 1. The first-order chi connectivity index (χ1) is 7.95. The summed E-state index contributed by atoms with van der Waals surface area (Å²) in [5, 5.41) is 9.07. The van der Waals surface area contributed by atoms with Crippen LogP contribution in [0.3, 0.4) is 0 Å². The number of halogens is 3. The van der Waals surface area contributed by atoms with Crippen LogP contribution in [0.5, 0.6) is 0 Å². The van der Waals surface area contributed by atoms with E-state index < -0.39 is 18.2 Å². The van der Waals surface area contributed by atoms with E-state index in [2.05, 4.69) is 0 Å². The molecule has 0 spiro atoms. The third kappa shape index (κ3) is 3.22. The number of hydrogen-bond acceptors (Lipinski definition) is 1. The van der Waals surface area contributed by atoms with Crippen molar-refractivity contribution in [3.63, 3.8) is 0 Å². The lowest BCUT2D eigenvalue weighted by molar-refractivity contribution is -0.239. The quantitative estimate of drug-likeness (QED) is 0.842. The monoisotopic (exact) mass is 246 g/mol. The summed E-state index contributed by atoms with van der Waals surface area (Å²) >= 11 is 0. The fraction of sp³-hybridized carbons (Fsp3) is 0.538. The van der Waals surface area contributed by atoms with Crippen molar-refractivity contribution < 1.29 is 18.3 Å². The average Bonchev–Trinajstić information content (AvgIpc) is 2.30. The maximum Gasteiger partial charge on any atom is 0.396 e. The van der Waals surface area contributed by atoms with Gasteiger partial charge in [-0.05, 0) is 24.8 Å². The standard InChI is InChI=1S/C13H17F3O/c1-2-12(10-17,13(14,15)16)9-8-11-6-4-3-5-7-11/h3-7,17H,2,8-10H2,1H3. The minimum atomic E-state index is -4.36. The zero-order chi connectivity index (χ0) is 12.9. The number of rotatable bonds is 5. The van der Waals surface area contributed by atoms with Crippen LogP contribution in [0.1, 0.15) is 25.3 Å². The van der Waals surface area contributed by atoms with Gasteiger partial charge in [0.05, 0.1) is 12.0 Å². The van der Waals surface area contributed by atoms with Crippen molar-refractivity contribution in [3.8, 4) is 0 Å². The second-order valence-electron chi connectivity index (χ2n) is 4.28. The van der Waals surface area contributed by atoms with Crippen molar-refractivity contribution in [2.24, 2.45) is 5.41 Å². The van der Waals surface area contributed by atoms with E-state index in [-0.39, 0.29) is 12.8 Å². The van der Waals surface area contributed by atoms with E-state index in [0.29, 0.717) is 6.42 Å². The third-order valence-corrected chi connectivity index (χ3v) is 3.32. The van der Waals surface area contributed by atoms with Crippen LogP contribution in [-0.2, 0) is 6.42 Å². The van der Waals surface area contributed by atoms with Gasteiger partial charge in [0.25, 0.3) is 0 Å². The Morgan fingerprint density at radius 2 is 1.71 bits per heavy atom. The summed E-state index contributed by atoms with van der Waals surface area (Å²) < 4.78 is 38.8. The molecule has 0 bridgehead atoms. The van der Waals surface area contributed by atoms with E-state index in [1.807, 2.05) is 6.07 Å². The Bertz CT molecular complexity index is 328. The lowest BCUT2D eigenvalue weighted by Gasteiger charge is -2.33. The molecule has 0 aliphatic carbocycles. The van der Waals surface area contributed by atoms with Crippen molar-refractivity contribution in [2.45, 2.75) is 32.4 Å². The van der Waals surface area contributed by atoms with Gasteiger partial charge in [-0.1, -0.05) is 37.3 Å². The van der Waals surface area contributed by atoms with Crippen molar-refractivity contribution >= 4 is 0 Å². The van der Waals surface area contributed by atoms with Crippen molar-refractivity contribution in [1.29, 1.82) is 0 Å². The molecule has 0 saturated carbocycles. The van der Waals surface area contributed by atoms with E-state index in [4.69, 9.17) is 5.11 Å². The van der Waals surface area contributed by atoms with Crippen molar-refractivity contribution in [1.82, 2.24) is 0 Å². The lowest BCUT2D eigenvalue weighted by atomic mass is 9.79. The Labute approximate surface area is 99.3 Å². The minimum Gasteiger partial charge on any atom is -0.395 e. The van der Waals surface area contributed by atoms with E-state index in [1.54, 1.807) is 24.3 Å². The van der Waals surface area contributed by atoms with Gasteiger partial charge in [-0.3, -0.25) is 0 Å². The molecule has 1 N–H and O–H groups in total. The summed E-state index contributed by atoms with van der Waals surface area (Å²) in [5.74, 6) is 0. The van der Waals surface area contributed by atoms with Crippen LogP contribution in [0.25, 0.3) is 0 Å². The van der Waals surface area contributed by atoms with E-state index in [0.717, 1.165) is 5.56 Å². The molecule has 1 nitrogen and oxygen atoms in total. The molecule has 4 heteroatoms. The predicted molar refractivity (Wildman–Crippen MR) is 60.6 cm³/mol. The summed E-state index contributed by atoms with van der Waals surface area (Å²) in [5.41, 5.74) is -1.11. The summed E-state index contributed by atoms with van der Waals surface area (Å²) in [6.07, 6.45) is -4.20. The zero-order valence-corrected chi connectivity index (χ0v) is 9.80. The van der Waals surface area contributed by atoms with Gasteiger partial charge >= 0.3 is 6.18 Å². The number of aliphatic hydroxyl groups excluding tert-OH is 1. The molecule has 1 rings (SSSR count). The summed E-state index contributed by atoms with van der Waals surface area (Å²) in [4.78, 5) is 0. The summed E-state index contributed by atoms with van der Waals surface area (Å²) in [6, 6.07) is 9.03. The molecule has 1 atom stereocenters. The van der Waals surface area contributed by atoms with Gasteiger partial charge in [0, 0.05) is 0 Å². The Hall–Kier alpha value is -1.03. The molecule has 1 unspecified atom stereocenters. The third-order valence-electron chi connectivity index (χ3n) is 3.32. The van der Waals surface area contributed by atoms with Gasteiger partial charge < -0.3 is 5.11 Å².